The highest BCUT2D eigenvalue weighted by Gasteiger charge is 2.34. The van der Waals surface area contributed by atoms with Crippen LogP contribution in [0.4, 0.5) is 0 Å². The molecule has 0 amide bonds. The van der Waals surface area contributed by atoms with Crippen molar-refractivity contribution in [2.75, 3.05) is 20.3 Å². The highest BCUT2D eigenvalue weighted by Crippen LogP contribution is 2.31. The SMILES string of the molecule is COc1ccc(CC(=O)OCC(O)(CO)c2ccc(C)cc2OC(C)=O)cc1. The van der Waals surface area contributed by atoms with E-state index in [1.165, 1.54) is 13.0 Å². The van der Waals surface area contributed by atoms with Crippen molar-refractivity contribution >= 4 is 11.9 Å². The van der Waals surface area contributed by atoms with Gasteiger partial charge in [-0.25, -0.2) is 0 Å². The first-order chi connectivity index (χ1) is 13.3. The molecule has 0 heterocycles. The number of benzene rings is 2. The summed E-state index contributed by atoms with van der Waals surface area (Å²) in [5.74, 6) is -0.360. The van der Waals surface area contributed by atoms with Crippen molar-refractivity contribution in [2.45, 2.75) is 25.9 Å². The second-order valence-corrected chi connectivity index (χ2v) is 6.47. The zero-order chi connectivity index (χ0) is 20.7. The highest BCUT2D eigenvalue weighted by atomic mass is 16.5. The summed E-state index contributed by atoms with van der Waals surface area (Å²) < 4.78 is 15.4. The zero-order valence-corrected chi connectivity index (χ0v) is 16.1. The zero-order valence-electron chi connectivity index (χ0n) is 16.1. The maximum Gasteiger partial charge on any atom is 0.310 e. The largest absolute Gasteiger partial charge is 0.497 e. The first-order valence-electron chi connectivity index (χ1n) is 8.69. The van der Waals surface area contributed by atoms with Gasteiger partial charge in [0.2, 0.25) is 0 Å². The molecule has 7 nitrogen and oxygen atoms in total. The molecule has 0 radical (unpaired) electrons. The molecule has 0 fully saturated rings. The summed E-state index contributed by atoms with van der Waals surface area (Å²) in [6.07, 6.45) is -0.00377. The Bertz CT molecular complexity index is 829. The fourth-order valence-corrected chi connectivity index (χ4v) is 2.62. The van der Waals surface area contributed by atoms with Gasteiger partial charge in [0, 0.05) is 12.5 Å². The lowest BCUT2D eigenvalue weighted by molar-refractivity contribution is -0.154. The van der Waals surface area contributed by atoms with Gasteiger partial charge in [-0.3, -0.25) is 9.59 Å². The monoisotopic (exact) mass is 388 g/mol. The first-order valence-corrected chi connectivity index (χ1v) is 8.69. The molecule has 28 heavy (non-hydrogen) atoms. The Labute approximate surface area is 163 Å². The van der Waals surface area contributed by atoms with Crippen LogP contribution in [0.2, 0.25) is 0 Å². The minimum atomic E-state index is -1.91. The Morgan fingerprint density at radius 2 is 1.79 bits per heavy atom. The van der Waals surface area contributed by atoms with Gasteiger partial charge in [0.05, 0.1) is 20.1 Å². The number of aliphatic hydroxyl groups excluding tert-OH is 1. The van der Waals surface area contributed by atoms with Crippen LogP contribution in [0.15, 0.2) is 42.5 Å². The van der Waals surface area contributed by atoms with Gasteiger partial charge in [0.25, 0.3) is 0 Å². The van der Waals surface area contributed by atoms with Crippen molar-refractivity contribution in [3.63, 3.8) is 0 Å². The normalized spacial score (nSPS) is 12.8. The number of rotatable bonds is 8. The topological polar surface area (TPSA) is 102 Å². The average Bonchev–Trinajstić information content (AvgIpc) is 2.66. The van der Waals surface area contributed by atoms with Gasteiger partial charge in [-0.1, -0.05) is 24.3 Å². The number of methoxy groups -OCH3 is 1. The maximum absolute atomic E-state index is 12.1. The van der Waals surface area contributed by atoms with E-state index in [1.807, 2.05) is 0 Å². The van der Waals surface area contributed by atoms with Crippen molar-refractivity contribution in [1.29, 1.82) is 0 Å². The fraction of sp³-hybridized carbons (Fsp3) is 0.333. The molecule has 0 aromatic heterocycles. The van der Waals surface area contributed by atoms with E-state index in [2.05, 4.69) is 0 Å². The van der Waals surface area contributed by atoms with E-state index in [9.17, 15) is 19.8 Å². The Kier molecular flexibility index (Phi) is 7.14. The van der Waals surface area contributed by atoms with Crippen LogP contribution >= 0.6 is 0 Å². The summed E-state index contributed by atoms with van der Waals surface area (Å²) in [6, 6.07) is 11.7. The lowest BCUT2D eigenvalue weighted by atomic mass is 9.93. The molecular formula is C21H24O7. The quantitative estimate of drug-likeness (QED) is 0.526. The molecule has 0 saturated carbocycles. The number of aliphatic hydroxyl groups is 2. The lowest BCUT2D eigenvalue weighted by Gasteiger charge is -2.27. The van der Waals surface area contributed by atoms with Crippen molar-refractivity contribution in [1.82, 2.24) is 0 Å². The van der Waals surface area contributed by atoms with Gasteiger partial charge < -0.3 is 24.4 Å². The molecule has 0 aliphatic rings. The van der Waals surface area contributed by atoms with Crippen LogP contribution < -0.4 is 9.47 Å². The summed E-state index contributed by atoms with van der Waals surface area (Å²) in [4.78, 5) is 23.5. The molecule has 1 atom stereocenters. The third-order valence-corrected chi connectivity index (χ3v) is 4.13. The van der Waals surface area contributed by atoms with Gasteiger partial charge in [0.15, 0.2) is 5.60 Å². The fourth-order valence-electron chi connectivity index (χ4n) is 2.62. The summed E-state index contributed by atoms with van der Waals surface area (Å²) in [5, 5.41) is 20.6. The summed E-state index contributed by atoms with van der Waals surface area (Å²) >= 11 is 0. The Morgan fingerprint density at radius 3 is 2.36 bits per heavy atom. The average molecular weight is 388 g/mol. The highest BCUT2D eigenvalue weighted by molar-refractivity contribution is 5.73. The van der Waals surface area contributed by atoms with Crippen LogP contribution in [0.25, 0.3) is 0 Å². The van der Waals surface area contributed by atoms with Crippen LogP contribution in [0.5, 0.6) is 11.5 Å². The van der Waals surface area contributed by atoms with E-state index < -0.39 is 30.8 Å². The Morgan fingerprint density at radius 1 is 1.11 bits per heavy atom. The van der Waals surface area contributed by atoms with Crippen molar-refractivity contribution in [3.05, 3.63) is 59.2 Å². The number of aryl methyl sites for hydroxylation is 1. The number of carbonyl (C=O) groups excluding carboxylic acids is 2. The smallest absolute Gasteiger partial charge is 0.310 e. The lowest BCUT2D eigenvalue weighted by Crippen LogP contribution is -2.37. The number of carbonyl (C=O) groups is 2. The summed E-state index contributed by atoms with van der Waals surface area (Å²) in [5.41, 5.74) is -0.229. The number of hydrogen-bond acceptors (Lipinski definition) is 7. The summed E-state index contributed by atoms with van der Waals surface area (Å²) in [6.45, 7) is 1.82. The molecule has 150 valence electrons. The second kappa shape index (κ2) is 9.34. The predicted octanol–water partition coefficient (Wildman–Crippen LogP) is 1.89. The molecule has 2 aromatic rings. The molecule has 0 aliphatic carbocycles. The van der Waals surface area contributed by atoms with Crippen LogP contribution in [-0.4, -0.2) is 42.5 Å². The minimum absolute atomic E-state index is 0.00377. The van der Waals surface area contributed by atoms with Gasteiger partial charge >= 0.3 is 11.9 Å². The molecule has 0 spiro atoms. The molecule has 0 aliphatic heterocycles. The third-order valence-electron chi connectivity index (χ3n) is 4.13. The van der Waals surface area contributed by atoms with Crippen LogP contribution in [0.1, 0.15) is 23.6 Å². The Hall–Kier alpha value is -2.90. The van der Waals surface area contributed by atoms with Gasteiger partial charge in [-0.15, -0.1) is 0 Å². The van der Waals surface area contributed by atoms with E-state index in [-0.39, 0.29) is 17.7 Å². The molecule has 2 N–H and O–H groups in total. The van der Waals surface area contributed by atoms with Crippen LogP contribution in [0, 0.1) is 6.92 Å². The van der Waals surface area contributed by atoms with Crippen molar-refractivity contribution < 1.29 is 34.0 Å². The minimum Gasteiger partial charge on any atom is -0.497 e. The second-order valence-electron chi connectivity index (χ2n) is 6.47. The maximum atomic E-state index is 12.1. The molecule has 7 heteroatoms. The molecule has 0 saturated heterocycles. The Balaban J connectivity index is 2.11. The predicted molar refractivity (Wildman–Crippen MR) is 101 cm³/mol. The third kappa shape index (κ3) is 5.55. The van der Waals surface area contributed by atoms with E-state index in [4.69, 9.17) is 14.2 Å². The summed E-state index contributed by atoms with van der Waals surface area (Å²) in [7, 11) is 1.55. The number of esters is 2. The first kappa shape index (κ1) is 21.4. The van der Waals surface area contributed by atoms with Crippen molar-refractivity contribution in [2.24, 2.45) is 0 Å². The van der Waals surface area contributed by atoms with Crippen molar-refractivity contribution in [3.8, 4) is 11.5 Å². The number of hydrogen-bond donors (Lipinski definition) is 2. The van der Waals surface area contributed by atoms with E-state index in [0.717, 1.165) is 5.56 Å². The molecule has 2 aromatic carbocycles. The molecule has 1 unspecified atom stereocenters. The molecular weight excluding hydrogens is 364 g/mol. The van der Waals surface area contributed by atoms with Gasteiger partial charge in [0.1, 0.15) is 18.1 Å². The van der Waals surface area contributed by atoms with Gasteiger partial charge in [-0.2, -0.15) is 0 Å². The van der Waals surface area contributed by atoms with E-state index in [0.29, 0.717) is 11.3 Å². The molecule has 2 rings (SSSR count). The van der Waals surface area contributed by atoms with E-state index in [1.54, 1.807) is 50.4 Å². The van der Waals surface area contributed by atoms with Crippen LogP contribution in [0.3, 0.4) is 0 Å². The van der Waals surface area contributed by atoms with Gasteiger partial charge in [-0.05, 0) is 36.2 Å². The van der Waals surface area contributed by atoms with E-state index >= 15 is 0 Å². The number of ether oxygens (including phenoxy) is 3. The van der Waals surface area contributed by atoms with Crippen LogP contribution in [-0.2, 0) is 26.3 Å². The molecule has 0 bridgehead atoms. The standard InChI is InChI=1S/C21H24O7/c1-14-4-9-18(19(10-14)28-15(2)23)21(25,12-22)13-27-20(24)11-16-5-7-17(26-3)8-6-16/h4-10,22,25H,11-13H2,1-3H3.